The number of aryl methyl sites for hydroxylation is 1. The van der Waals surface area contributed by atoms with E-state index in [1.807, 2.05) is 49.4 Å². The molecule has 2 aromatic rings. The second kappa shape index (κ2) is 10.3. The molecule has 1 aromatic carbocycles. The van der Waals surface area contributed by atoms with Gasteiger partial charge in [0.2, 0.25) is 5.91 Å². The summed E-state index contributed by atoms with van der Waals surface area (Å²) in [6.07, 6.45) is 1.88. The van der Waals surface area contributed by atoms with Crippen LogP contribution in [0.15, 0.2) is 46.9 Å². The molecule has 1 aliphatic rings. The molecule has 0 bridgehead atoms. The van der Waals surface area contributed by atoms with Gasteiger partial charge in [-0.15, -0.1) is 0 Å². The maximum atomic E-state index is 13.3. The van der Waals surface area contributed by atoms with Crippen molar-refractivity contribution >= 4 is 11.9 Å². The highest BCUT2D eigenvalue weighted by Gasteiger charge is 2.27. The standard InChI is InChI=1S/C23H31N3O4/c1-18-11-12-21(30-18)16-25(14-19-8-5-4-6-9-19)22(27)17-26(23(28)24(2)3)15-20-10-7-13-29-20/h4-6,8-9,11-12,20H,7,10,13-17H2,1-3H3. The number of urea groups is 1. The van der Waals surface area contributed by atoms with Gasteiger partial charge in [0.1, 0.15) is 18.1 Å². The van der Waals surface area contributed by atoms with Gasteiger partial charge in [0.05, 0.1) is 12.6 Å². The van der Waals surface area contributed by atoms with Crippen LogP contribution in [-0.2, 0) is 22.6 Å². The van der Waals surface area contributed by atoms with E-state index in [2.05, 4.69) is 0 Å². The molecule has 0 radical (unpaired) electrons. The molecule has 1 aliphatic heterocycles. The molecule has 162 valence electrons. The second-order valence-electron chi connectivity index (χ2n) is 7.94. The molecule has 1 saturated heterocycles. The van der Waals surface area contributed by atoms with Crippen LogP contribution in [0.2, 0.25) is 0 Å². The van der Waals surface area contributed by atoms with E-state index >= 15 is 0 Å². The number of nitrogens with zero attached hydrogens (tertiary/aromatic N) is 3. The molecule has 3 rings (SSSR count). The number of furan rings is 1. The monoisotopic (exact) mass is 413 g/mol. The molecule has 1 aromatic heterocycles. The van der Waals surface area contributed by atoms with Crippen molar-refractivity contribution in [1.82, 2.24) is 14.7 Å². The molecular formula is C23H31N3O4. The smallest absolute Gasteiger partial charge is 0.320 e. The zero-order valence-corrected chi connectivity index (χ0v) is 18.0. The van der Waals surface area contributed by atoms with E-state index in [0.29, 0.717) is 26.2 Å². The summed E-state index contributed by atoms with van der Waals surface area (Å²) in [5.74, 6) is 1.41. The number of hydrogen-bond donors (Lipinski definition) is 0. The van der Waals surface area contributed by atoms with Gasteiger partial charge in [-0.3, -0.25) is 4.79 Å². The summed E-state index contributed by atoms with van der Waals surface area (Å²) in [6, 6.07) is 13.4. The average Bonchev–Trinajstić information content (AvgIpc) is 3.38. The lowest BCUT2D eigenvalue weighted by Crippen LogP contribution is -2.48. The van der Waals surface area contributed by atoms with Crippen molar-refractivity contribution in [2.45, 2.75) is 39.0 Å². The topological polar surface area (TPSA) is 66.2 Å². The number of rotatable bonds is 8. The summed E-state index contributed by atoms with van der Waals surface area (Å²) in [6.45, 7) is 3.81. The molecule has 3 amide bonds. The van der Waals surface area contributed by atoms with Crippen LogP contribution >= 0.6 is 0 Å². The largest absolute Gasteiger partial charge is 0.464 e. The van der Waals surface area contributed by atoms with Gasteiger partial charge in [-0.2, -0.15) is 0 Å². The Morgan fingerprint density at radius 2 is 1.80 bits per heavy atom. The number of ether oxygens (including phenoxy) is 1. The minimum absolute atomic E-state index is 0.00337. The van der Waals surface area contributed by atoms with Gasteiger partial charge in [-0.25, -0.2) is 4.79 Å². The summed E-state index contributed by atoms with van der Waals surface area (Å²) in [5.41, 5.74) is 1.03. The Labute approximate surface area is 178 Å². The van der Waals surface area contributed by atoms with Crippen LogP contribution in [0.3, 0.4) is 0 Å². The molecule has 0 spiro atoms. The highest BCUT2D eigenvalue weighted by atomic mass is 16.5. The minimum Gasteiger partial charge on any atom is -0.464 e. The van der Waals surface area contributed by atoms with E-state index in [9.17, 15) is 9.59 Å². The van der Waals surface area contributed by atoms with Crippen LogP contribution in [-0.4, -0.2) is 66.5 Å². The van der Waals surface area contributed by atoms with Crippen LogP contribution in [0.1, 0.15) is 29.9 Å². The fraction of sp³-hybridized carbons (Fsp3) is 0.478. The maximum Gasteiger partial charge on any atom is 0.320 e. The molecule has 2 heterocycles. The van der Waals surface area contributed by atoms with E-state index < -0.39 is 0 Å². The zero-order chi connectivity index (χ0) is 21.5. The third-order valence-corrected chi connectivity index (χ3v) is 5.14. The van der Waals surface area contributed by atoms with Crippen molar-refractivity contribution < 1.29 is 18.7 Å². The summed E-state index contributed by atoms with van der Waals surface area (Å²) in [7, 11) is 3.39. The number of benzene rings is 1. The fourth-order valence-electron chi connectivity index (χ4n) is 3.58. The van der Waals surface area contributed by atoms with E-state index in [0.717, 1.165) is 29.9 Å². The van der Waals surface area contributed by atoms with Crippen molar-refractivity contribution in [2.75, 3.05) is 33.8 Å². The second-order valence-corrected chi connectivity index (χ2v) is 7.94. The molecule has 0 N–H and O–H groups in total. The van der Waals surface area contributed by atoms with Crippen molar-refractivity contribution in [1.29, 1.82) is 0 Å². The Hall–Kier alpha value is -2.80. The first-order valence-corrected chi connectivity index (χ1v) is 10.4. The van der Waals surface area contributed by atoms with Crippen molar-refractivity contribution in [3.8, 4) is 0 Å². The van der Waals surface area contributed by atoms with Crippen LogP contribution in [0.25, 0.3) is 0 Å². The van der Waals surface area contributed by atoms with Crippen LogP contribution in [0.4, 0.5) is 4.79 Å². The third kappa shape index (κ3) is 6.10. The predicted molar refractivity (Wildman–Crippen MR) is 114 cm³/mol. The third-order valence-electron chi connectivity index (χ3n) is 5.14. The minimum atomic E-state index is -0.188. The SMILES string of the molecule is Cc1ccc(CN(Cc2ccccc2)C(=O)CN(CC2CCCO2)C(=O)N(C)C)o1. The molecule has 7 heteroatoms. The van der Waals surface area contributed by atoms with E-state index in [1.54, 1.807) is 23.9 Å². The fourth-order valence-corrected chi connectivity index (χ4v) is 3.58. The molecule has 30 heavy (non-hydrogen) atoms. The maximum absolute atomic E-state index is 13.3. The van der Waals surface area contributed by atoms with E-state index in [-0.39, 0.29) is 24.6 Å². The van der Waals surface area contributed by atoms with Gasteiger partial charge in [-0.1, -0.05) is 30.3 Å². The van der Waals surface area contributed by atoms with Crippen molar-refractivity contribution in [2.24, 2.45) is 0 Å². The summed E-state index contributed by atoms with van der Waals surface area (Å²) >= 11 is 0. The highest BCUT2D eigenvalue weighted by molar-refractivity contribution is 5.84. The first-order valence-electron chi connectivity index (χ1n) is 10.4. The van der Waals surface area contributed by atoms with Gasteiger partial charge in [-0.05, 0) is 37.5 Å². The number of carbonyl (C=O) groups excluding carboxylic acids is 2. The molecule has 7 nitrogen and oxygen atoms in total. The lowest BCUT2D eigenvalue weighted by atomic mass is 10.2. The Morgan fingerprint density at radius 1 is 1.03 bits per heavy atom. The first kappa shape index (κ1) is 21.9. The first-order chi connectivity index (χ1) is 14.4. The lowest BCUT2D eigenvalue weighted by molar-refractivity contribution is -0.133. The Balaban J connectivity index is 1.75. The van der Waals surface area contributed by atoms with Crippen LogP contribution < -0.4 is 0 Å². The van der Waals surface area contributed by atoms with E-state index in [4.69, 9.17) is 9.15 Å². The zero-order valence-electron chi connectivity index (χ0n) is 18.0. The molecule has 0 aliphatic carbocycles. The lowest BCUT2D eigenvalue weighted by Gasteiger charge is -2.30. The summed E-state index contributed by atoms with van der Waals surface area (Å²) < 4.78 is 11.4. The highest BCUT2D eigenvalue weighted by Crippen LogP contribution is 2.16. The van der Waals surface area contributed by atoms with Crippen molar-refractivity contribution in [3.63, 3.8) is 0 Å². The average molecular weight is 414 g/mol. The van der Waals surface area contributed by atoms with Gasteiger partial charge in [0.15, 0.2) is 0 Å². The predicted octanol–water partition coefficient (Wildman–Crippen LogP) is 3.28. The Kier molecular flexibility index (Phi) is 7.52. The van der Waals surface area contributed by atoms with Gasteiger partial charge in [0, 0.05) is 33.8 Å². The molecular weight excluding hydrogens is 382 g/mol. The Bertz CT molecular complexity index is 828. The molecule has 1 fully saturated rings. The summed E-state index contributed by atoms with van der Waals surface area (Å²) in [4.78, 5) is 30.8. The normalized spacial score (nSPS) is 15.8. The number of carbonyl (C=O) groups is 2. The van der Waals surface area contributed by atoms with Crippen LogP contribution in [0, 0.1) is 6.92 Å². The molecule has 0 saturated carbocycles. The Morgan fingerprint density at radius 3 is 2.40 bits per heavy atom. The van der Waals surface area contributed by atoms with Gasteiger partial charge >= 0.3 is 6.03 Å². The van der Waals surface area contributed by atoms with Crippen molar-refractivity contribution in [3.05, 3.63) is 59.5 Å². The summed E-state index contributed by atoms with van der Waals surface area (Å²) in [5, 5.41) is 0. The molecule has 1 unspecified atom stereocenters. The van der Waals surface area contributed by atoms with Crippen LogP contribution in [0.5, 0.6) is 0 Å². The van der Waals surface area contributed by atoms with Gasteiger partial charge < -0.3 is 23.9 Å². The molecule has 1 atom stereocenters. The van der Waals surface area contributed by atoms with Gasteiger partial charge in [0.25, 0.3) is 0 Å². The quantitative estimate of drug-likeness (QED) is 0.666. The number of amides is 3. The number of hydrogen-bond acceptors (Lipinski definition) is 4. The van der Waals surface area contributed by atoms with E-state index in [1.165, 1.54) is 4.90 Å².